The average Bonchev–Trinajstić information content (AvgIpc) is 2.77. The molecule has 3 aromatic carbocycles. The first kappa shape index (κ1) is 23.3. The lowest BCUT2D eigenvalue weighted by Gasteiger charge is -2.17. The van der Waals surface area contributed by atoms with E-state index in [-0.39, 0.29) is 21.7 Å². The molecule has 0 unspecified atom stereocenters. The van der Waals surface area contributed by atoms with Crippen LogP contribution in [0.4, 0.5) is 5.69 Å². The van der Waals surface area contributed by atoms with Crippen LogP contribution in [0.15, 0.2) is 77.7 Å². The Hall–Kier alpha value is -3.36. The molecule has 0 bridgehead atoms. The second-order valence-corrected chi connectivity index (χ2v) is 9.72. The van der Waals surface area contributed by atoms with Crippen molar-refractivity contribution in [3.8, 4) is 0 Å². The van der Waals surface area contributed by atoms with Gasteiger partial charge >= 0.3 is 0 Å². The van der Waals surface area contributed by atoms with E-state index in [2.05, 4.69) is 0 Å². The number of carbonyl (C=O) groups excluding carboxylic acids is 2. The van der Waals surface area contributed by atoms with Crippen LogP contribution in [-0.4, -0.2) is 30.2 Å². The molecular formula is C23H18ClNO6S. The highest BCUT2D eigenvalue weighted by Gasteiger charge is 2.36. The molecule has 3 aromatic rings. The maximum absolute atomic E-state index is 13.3. The minimum atomic E-state index is -4.21. The molecule has 0 saturated carbocycles. The van der Waals surface area contributed by atoms with E-state index in [0.717, 1.165) is 17.7 Å². The van der Waals surface area contributed by atoms with Crippen LogP contribution in [-0.2, 0) is 9.84 Å². The van der Waals surface area contributed by atoms with Gasteiger partial charge in [0.25, 0.3) is 5.69 Å². The number of benzene rings is 3. The summed E-state index contributed by atoms with van der Waals surface area (Å²) in [4.78, 5) is 36.2. The van der Waals surface area contributed by atoms with Crippen molar-refractivity contribution < 1.29 is 22.9 Å². The second kappa shape index (κ2) is 9.42. The van der Waals surface area contributed by atoms with Gasteiger partial charge in [-0.3, -0.25) is 19.7 Å². The number of nitrogens with zero attached hydrogens (tertiary/aromatic N) is 1. The number of carbonyl (C=O) groups is 2. The lowest BCUT2D eigenvalue weighted by atomic mass is 10.0. The third-order valence-corrected chi connectivity index (χ3v) is 7.23. The number of hydrogen-bond donors (Lipinski definition) is 0. The summed E-state index contributed by atoms with van der Waals surface area (Å²) in [5.74, 6) is -1.36. The predicted octanol–water partition coefficient (Wildman–Crippen LogP) is 4.85. The summed E-state index contributed by atoms with van der Waals surface area (Å²) in [6.07, 6.45) is -0.616. The summed E-state index contributed by atoms with van der Waals surface area (Å²) >= 11 is 5.86. The number of halogens is 1. The summed E-state index contributed by atoms with van der Waals surface area (Å²) in [5.41, 5.74) is 0.810. The van der Waals surface area contributed by atoms with Gasteiger partial charge in [-0.2, -0.15) is 0 Å². The largest absolute Gasteiger partial charge is 0.294 e. The van der Waals surface area contributed by atoms with E-state index in [1.807, 2.05) is 0 Å². The van der Waals surface area contributed by atoms with Crippen LogP contribution in [0.2, 0.25) is 5.02 Å². The van der Waals surface area contributed by atoms with E-state index in [1.54, 1.807) is 19.1 Å². The van der Waals surface area contributed by atoms with Crippen molar-refractivity contribution in [1.82, 2.24) is 0 Å². The molecular weight excluding hydrogens is 454 g/mol. The molecule has 0 N–H and O–H groups in total. The number of aryl methyl sites for hydroxylation is 1. The molecule has 0 aliphatic heterocycles. The SMILES string of the molecule is Cc1ccc(S(=O)(=O)[C@@H](CC(=O)c2ccc([N+](=O)[O-])cc2)C(=O)c2ccc(Cl)cc2)cc1. The monoisotopic (exact) mass is 471 g/mol. The Kier molecular flexibility index (Phi) is 6.86. The molecule has 0 spiro atoms. The van der Waals surface area contributed by atoms with Gasteiger partial charge in [-0.05, 0) is 55.5 Å². The number of sulfone groups is 1. The highest BCUT2D eigenvalue weighted by atomic mass is 35.5. The molecule has 0 fully saturated rings. The third-order valence-electron chi connectivity index (χ3n) is 4.92. The Bertz CT molecular complexity index is 1270. The molecule has 0 amide bonds. The minimum Gasteiger partial charge on any atom is -0.294 e. The normalized spacial score (nSPS) is 12.2. The highest BCUT2D eigenvalue weighted by molar-refractivity contribution is 7.92. The molecule has 0 aromatic heterocycles. The van der Waals surface area contributed by atoms with E-state index in [0.29, 0.717) is 5.02 Å². The van der Waals surface area contributed by atoms with Gasteiger partial charge in [-0.1, -0.05) is 29.3 Å². The van der Waals surface area contributed by atoms with Crippen LogP contribution >= 0.6 is 11.6 Å². The van der Waals surface area contributed by atoms with E-state index < -0.39 is 38.0 Å². The van der Waals surface area contributed by atoms with Crippen LogP contribution in [0, 0.1) is 17.0 Å². The van der Waals surface area contributed by atoms with Crippen molar-refractivity contribution in [2.24, 2.45) is 0 Å². The first-order valence-electron chi connectivity index (χ1n) is 9.47. The summed E-state index contributed by atoms with van der Waals surface area (Å²) < 4.78 is 26.7. The number of ketones is 2. The van der Waals surface area contributed by atoms with E-state index in [9.17, 15) is 28.1 Å². The fraction of sp³-hybridized carbons (Fsp3) is 0.130. The van der Waals surface area contributed by atoms with Gasteiger partial charge in [-0.15, -0.1) is 0 Å². The van der Waals surface area contributed by atoms with Gasteiger partial charge in [0.1, 0.15) is 5.25 Å². The zero-order valence-corrected chi connectivity index (χ0v) is 18.5. The standard InChI is InChI=1S/C23H18ClNO6S/c1-15-2-12-20(13-3-15)32(30,31)22(23(27)17-4-8-18(24)9-5-17)14-21(26)16-6-10-19(11-7-16)25(28)29/h2-13,22H,14H2,1H3/t22-/m0/s1. The van der Waals surface area contributed by atoms with Crippen molar-refractivity contribution in [3.63, 3.8) is 0 Å². The maximum Gasteiger partial charge on any atom is 0.269 e. The maximum atomic E-state index is 13.3. The summed E-state index contributed by atoms with van der Waals surface area (Å²) in [7, 11) is -4.21. The number of nitro groups is 1. The van der Waals surface area contributed by atoms with Crippen LogP contribution in [0.5, 0.6) is 0 Å². The van der Waals surface area contributed by atoms with Gasteiger partial charge in [0.15, 0.2) is 21.4 Å². The Morgan fingerprint density at radius 1 is 0.906 bits per heavy atom. The lowest BCUT2D eigenvalue weighted by Crippen LogP contribution is -2.33. The fourth-order valence-electron chi connectivity index (χ4n) is 3.09. The smallest absolute Gasteiger partial charge is 0.269 e. The third kappa shape index (κ3) is 5.09. The highest BCUT2D eigenvalue weighted by Crippen LogP contribution is 2.25. The van der Waals surface area contributed by atoms with Crippen LogP contribution < -0.4 is 0 Å². The van der Waals surface area contributed by atoms with Crippen molar-refractivity contribution in [3.05, 3.63) is 105 Å². The van der Waals surface area contributed by atoms with Gasteiger partial charge in [-0.25, -0.2) is 8.42 Å². The van der Waals surface area contributed by atoms with Gasteiger partial charge in [0.2, 0.25) is 0 Å². The number of nitro benzene ring substituents is 1. The van der Waals surface area contributed by atoms with Crippen LogP contribution in [0.3, 0.4) is 0 Å². The summed E-state index contributed by atoms with van der Waals surface area (Å²) in [5, 5.41) is 9.53. The van der Waals surface area contributed by atoms with E-state index in [4.69, 9.17) is 11.6 Å². The van der Waals surface area contributed by atoms with Gasteiger partial charge in [0, 0.05) is 34.7 Å². The zero-order chi connectivity index (χ0) is 23.5. The number of non-ortho nitro benzene ring substituents is 1. The average molecular weight is 472 g/mol. The molecule has 3 rings (SSSR count). The Morgan fingerprint density at radius 3 is 1.97 bits per heavy atom. The number of Topliss-reactive ketones (excluding diaryl/α,β-unsaturated/α-hetero) is 2. The van der Waals surface area contributed by atoms with Gasteiger partial charge in [0.05, 0.1) is 9.82 Å². The number of rotatable bonds is 8. The molecule has 1 atom stereocenters. The van der Waals surface area contributed by atoms with E-state index in [1.165, 1.54) is 48.5 Å². The lowest BCUT2D eigenvalue weighted by molar-refractivity contribution is -0.384. The van der Waals surface area contributed by atoms with Crippen molar-refractivity contribution in [2.75, 3.05) is 0 Å². The Morgan fingerprint density at radius 2 is 1.44 bits per heavy atom. The van der Waals surface area contributed by atoms with Crippen LogP contribution in [0.1, 0.15) is 32.7 Å². The quantitative estimate of drug-likeness (QED) is 0.263. The zero-order valence-electron chi connectivity index (χ0n) is 16.9. The molecule has 0 heterocycles. The fourth-order valence-corrected chi connectivity index (χ4v) is 4.85. The molecule has 0 radical (unpaired) electrons. The molecule has 0 aliphatic rings. The predicted molar refractivity (Wildman–Crippen MR) is 120 cm³/mol. The summed E-state index contributed by atoms with van der Waals surface area (Å²) in [6, 6.07) is 16.5. The molecule has 7 nitrogen and oxygen atoms in total. The van der Waals surface area contributed by atoms with Crippen LogP contribution in [0.25, 0.3) is 0 Å². The van der Waals surface area contributed by atoms with Crippen molar-refractivity contribution in [1.29, 1.82) is 0 Å². The molecule has 9 heteroatoms. The molecule has 0 saturated heterocycles. The molecule has 32 heavy (non-hydrogen) atoms. The second-order valence-electron chi connectivity index (χ2n) is 7.15. The minimum absolute atomic E-state index is 0.0728. The number of hydrogen-bond acceptors (Lipinski definition) is 6. The Labute approximate surface area is 189 Å². The van der Waals surface area contributed by atoms with Crippen molar-refractivity contribution in [2.45, 2.75) is 23.5 Å². The van der Waals surface area contributed by atoms with Crippen molar-refractivity contribution >= 4 is 38.7 Å². The van der Waals surface area contributed by atoms with E-state index >= 15 is 0 Å². The summed E-state index contributed by atoms with van der Waals surface area (Å²) in [6.45, 7) is 1.80. The molecule has 0 aliphatic carbocycles. The topological polar surface area (TPSA) is 111 Å². The first-order chi connectivity index (χ1) is 15.1. The molecule has 164 valence electrons. The first-order valence-corrected chi connectivity index (χ1v) is 11.4. The van der Waals surface area contributed by atoms with Gasteiger partial charge < -0.3 is 0 Å². The Balaban J connectivity index is 2.00.